The highest BCUT2D eigenvalue weighted by Crippen LogP contribution is 2.36. The molecule has 2 fully saturated rings. The van der Waals surface area contributed by atoms with Crippen LogP contribution < -0.4 is 5.32 Å². The molecule has 1 N–H and O–H groups in total. The van der Waals surface area contributed by atoms with E-state index in [1.54, 1.807) is 18.3 Å². The van der Waals surface area contributed by atoms with Gasteiger partial charge in [0.2, 0.25) is 11.8 Å². The Balaban J connectivity index is 1.20. The molecule has 49 heavy (non-hydrogen) atoms. The van der Waals surface area contributed by atoms with E-state index in [-0.39, 0.29) is 23.9 Å². The van der Waals surface area contributed by atoms with E-state index in [2.05, 4.69) is 20.5 Å². The van der Waals surface area contributed by atoms with E-state index in [0.29, 0.717) is 31.0 Å². The number of aromatic nitrogens is 3. The molecule has 3 heterocycles. The van der Waals surface area contributed by atoms with Gasteiger partial charge in [-0.15, -0.1) is 5.10 Å². The van der Waals surface area contributed by atoms with E-state index in [1.807, 2.05) is 72.9 Å². The van der Waals surface area contributed by atoms with E-state index in [1.165, 1.54) is 24.2 Å². The molecule has 6 rings (SSSR count). The summed E-state index contributed by atoms with van der Waals surface area (Å²) >= 11 is 6.18. The minimum absolute atomic E-state index is 0.0135. The third-order valence-electron chi connectivity index (χ3n) is 10.1. The number of hydrogen-bond donors (Lipinski definition) is 1. The fraction of sp³-hybridized carbons (Fsp3) is 0.541. The van der Waals surface area contributed by atoms with Crippen molar-refractivity contribution in [3.05, 3.63) is 82.6 Å². The van der Waals surface area contributed by atoms with Gasteiger partial charge in [-0.05, 0) is 62.4 Å². The van der Waals surface area contributed by atoms with Gasteiger partial charge in [0.05, 0.1) is 19.3 Å². The number of fused-ring (bicyclic) bond motifs is 1. The zero-order valence-corrected chi connectivity index (χ0v) is 29.6. The van der Waals surface area contributed by atoms with Crippen molar-refractivity contribution in [3.8, 4) is 0 Å². The first kappa shape index (κ1) is 34.9. The summed E-state index contributed by atoms with van der Waals surface area (Å²) in [4.78, 5) is 47.9. The van der Waals surface area contributed by atoms with Crippen LogP contribution in [0.2, 0.25) is 5.02 Å². The maximum atomic E-state index is 14.3. The minimum Gasteiger partial charge on any atom is -0.444 e. The maximum absolute atomic E-state index is 14.3. The molecule has 11 nitrogen and oxygen atoms in total. The number of nitrogens with zero attached hydrogens (tertiary/aromatic N) is 6. The molecular formula is C37H48ClN7O4. The summed E-state index contributed by atoms with van der Waals surface area (Å²) < 4.78 is 7.67. The van der Waals surface area contributed by atoms with Crippen LogP contribution in [-0.2, 0) is 40.3 Å². The van der Waals surface area contributed by atoms with E-state index in [0.717, 1.165) is 49.2 Å². The summed E-state index contributed by atoms with van der Waals surface area (Å²) in [5.74, 6) is -0.503. The predicted molar refractivity (Wildman–Crippen MR) is 187 cm³/mol. The van der Waals surface area contributed by atoms with Crippen molar-refractivity contribution in [2.24, 2.45) is 0 Å². The van der Waals surface area contributed by atoms with Crippen LogP contribution in [0.3, 0.4) is 0 Å². The molecule has 0 unspecified atom stereocenters. The molecular weight excluding hydrogens is 642 g/mol. The van der Waals surface area contributed by atoms with E-state index >= 15 is 0 Å². The summed E-state index contributed by atoms with van der Waals surface area (Å²) in [7, 11) is 0. The molecule has 12 heteroatoms. The van der Waals surface area contributed by atoms with Crippen LogP contribution in [0.4, 0.5) is 4.79 Å². The van der Waals surface area contributed by atoms with Gasteiger partial charge < -0.3 is 15.0 Å². The lowest BCUT2D eigenvalue weighted by Gasteiger charge is -2.50. The monoisotopic (exact) mass is 689 g/mol. The van der Waals surface area contributed by atoms with Crippen LogP contribution in [-0.4, -0.2) is 97.0 Å². The van der Waals surface area contributed by atoms with Crippen molar-refractivity contribution in [1.29, 1.82) is 0 Å². The van der Waals surface area contributed by atoms with Crippen molar-refractivity contribution >= 4 is 29.5 Å². The first-order valence-electron chi connectivity index (χ1n) is 17.5. The molecule has 262 valence electrons. The molecule has 1 saturated carbocycles. The van der Waals surface area contributed by atoms with Gasteiger partial charge in [0.25, 0.3) is 0 Å². The van der Waals surface area contributed by atoms with Crippen molar-refractivity contribution in [1.82, 2.24) is 35.0 Å². The first-order valence-corrected chi connectivity index (χ1v) is 17.9. The van der Waals surface area contributed by atoms with E-state index in [4.69, 9.17) is 16.3 Å². The summed E-state index contributed by atoms with van der Waals surface area (Å²) in [6, 6.07) is 13.5. The molecule has 0 bridgehead atoms. The molecule has 1 saturated heterocycles. The van der Waals surface area contributed by atoms with Crippen molar-refractivity contribution in [2.45, 2.75) is 102 Å². The normalized spacial score (nSPS) is 20.3. The lowest BCUT2D eigenvalue weighted by Crippen LogP contribution is -2.63. The van der Waals surface area contributed by atoms with Gasteiger partial charge >= 0.3 is 6.09 Å². The minimum atomic E-state index is -0.829. The average molecular weight is 690 g/mol. The highest BCUT2D eigenvalue weighted by molar-refractivity contribution is 6.30. The van der Waals surface area contributed by atoms with Crippen molar-refractivity contribution < 1.29 is 19.1 Å². The lowest BCUT2D eigenvalue weighted by molar-refractivity contribution is -0.140. The first-order chi connectivity index (χ1) is 23.5. The van der Waals surface area contributed by atoms with E-state index in [9.17, 15) is 14.4 Å². The molecule has 0 spiro atoms. The summed E-state index contributed by atoms with van der Waals surface area (Å²) in [6.07, 6.45) is 9.50. The molecule has 2 atom stereocenters. The Morgan fingerprint density at radius 3 is 2.33 bits per heavy atom. The number of carbonyl (C=O) groups excluding carboxylic acids is 3. The number of rotatable bonds is 8. The molecule has 3 aromatic rings. The Bertz CT molecular complexity index is 1590. The molecule has 3 aliphatic rings. The smallest absolute Gasteiger partial charge is 0.411 e. The quantitative estimate of drug-likeness (QED) is 0.359. The fourth-order valence-corrected chi connectivity index (χ4v) is 7.74. The SMILES string of the molecule is CC(C)(C)OC(=O)N1Cc2ccccc2C[C@@H]1C(=O)N[C@H](Cc1ccc(Cl)cc1)C(=O)N1CCN(C2(Cn3ccnn3)CCCCC2)CC1. The Kier molecular flexibility index (Phi) is 10.6. The molecule has 1 aromatic heterocycles. The van der Waals surface area contributed by atoms with Gasteiger partial charge in [0, 0.05) is 55.8 Å². The second-order valence-corrected chi connectivity index (χ2v) is 15.1. The zero-order valence-electron chi connectivity index (χ0n) is 28.8. The standard InChI is InChI=1S/C37H48ClN7O4/c1-36(2,3)49-35(48)45-25-29-10-6-5-9-28(29)24-32(45)33(46)40-31(23-27-11-13-30(38)14-12-27)34(47)42-19-21-43(22-20-42)37(15-7-4-8-16-37)26-44-18-17-39-41-44/h5-6,9-14,17-18,31-32H,4,7-8,15-16,19-26H2,1-3H3,(H,40,46)/t31-,32-/m1/s1. The second-order valence-electron chi connectivity index (χ2n) is 14.7. The van der Waals surface area contributed by atoms with E-state index < -0.39 is 23.8 Å². The number of hydrogen-bond acceptors (Lipinski definition) is 7. The van der Waals surface area contributed by atoms with Crippen LogP contribution in [0.1, 0.15) is 69.6 Å². The van der Waals surface area contributed by atoms with Crippen LogP contribution in [0.25, 0.3) is 0 Å². The van der Waals surface area contributed by atoms with Crippen LogP contribution in [0.5, 0.6) is 0 Å². The lowest BCUT2D eigenvalue weighted by atomic mass is 9.79. The Hall–Kier alpha value is -3.96. The maximum Gasteiger partial charge on any atom is 0.411 e. The average Bonchev–Trinajstić information content (AvgIpc) is 3.60. The summed E-state index contributed by atoms with van der Waals surface area (Å²) in [6.45, 7) is 9.07. The Morgan fingerprint density at radius 1 is 0.980 bits per heavy atom. The van der Waals surface area contributed by atoms with Crippen molar-refractivity contribution in [2.75, 3.05) is 26.2 Å². The van der Waals surface area contributed by atoms with Gasteiger partial charge in [-0.3, -0.25) is 24.1 Å². The summed E-state index contributed by atoms with van der Waals surface area (Å²) in [5, 5.41) is 12.0. The highest BCUT2D eigenvalue weighted by Gasteiger charge is 2.42. The molecule has 2 aromatic carbocycles. The number of carbonyl (C=O) groups is 3. The molecule has 2 aliphatic heterocycles. The van der Waals surface area contributed by atoms with Crippen LogP contribution in [0, 0.1) is 0 Å². The van der Waals surface area contributed by atoms with Crippen LogP contribution in [0.15, 0.2) is 60.9 Å². The Morgan fingerprint density at radius 2 is 1.67 bits per heavy atom. The fourth-order valence-electron chi connectivity index (χ4n) is 7.62. The molecule has 0 radical (unpaired) electrons. The van der Waals surface area contributed by atoms with Gasteiger partial charge in [-0.2, -0.15) is 0 Å². The van der Waals surface area contributed by atoms with Gasteiger partial charge in [-0.1, -0.05) is 72.5 Å². The molecule has 3 amide bonds. The third-order valence-corrected chi connectivity index (χ3v) is 10.4. The number of nitrogens with one attached hydrogen (secondary N) is 1. The largest absolute Gasteiger partial charge is 0.444 e. The van der Waals surface area contributed by atoms with Crippen molar-refractivity contribution in [3.63, 3.8) is 0 Å². The van der Waals surface area contributed by atoms with Gasteiger partial charge in [-0.25, -0.2) is 4.79 Å². The number of benzene rings is 2. The van der Waals surface area contributed by atoms with Gasteiger partial charge in [0.1, 0.15) is 17.7 Å². The number of piperazine rings is 1. The number of amides is 3. The topological polar surface area (TPSA) is 113 Å². The predicted octanol–water partition coefficient (Wildman–Crippen LogP) is 4.87. The third kappa shape index (κ3) is 8.44. The highest BCUT2D eigenvalue weighted by atomic mass is 35.5. The summed E-state index contributed by atoms with van der Waals surface area (Å²) in [5.41, 5.74) is 2.12. The molecule has 1 aliphatic carbocycles. The number of halogens is 1. The second kappa shape index (κ2) is 14.9. The van der Waals surface area contributed by atoms with Crippen LogP contribution >= 0.6 is 11.6 Å². The zero-order chi connectivity index (χ0) is 34.6. The Labute approximate surface area is 293 Å². The number of ether oxygens (including phenoxy) is 1. The van der Waals surface area contributed by atoms with Gasteiger partial charge in [0.15, 0.2) is 0 Å².